The van der Waals surface area contributed by atoms with Gasteiger partial charge in [-0.1, -0.05) is 103 Å². The summed E-state index contributed by atoms with van der Waals surface area (Å²) in [6, 6.07) is 8.35. The van der Waals surface area contributed by atoms with Gasteiger partial charge in [-0.3, -0.25) is 24.0 Å². The van der Waals surface area contributed by atoms with E-state index in [0.29, 0.717) is 36.6 Å². The van der Waals surface area contributed by atoms with E-state index in [1.807, 2.05) is 30.3 Å². The molecule has 12 heteroatoms. The molecule has 1 aromatic rings. The van der Waals surface area contributed by atoms with Gasteiger partial charge >= 0.3 is 17.9 Å². The van der Waals surface area contributed by atoms with E-state index in [-0.39, 0.29) is 83.2 Å². The zero-order chi connectivity index (χ0) is 50.6. The summed E-state index contributed by atoms with van der Waals surface area (Å²) < 4.78 is 11.6. The van der Waals surface area contributed by atoms with Crippen LogP contribution in [-0.4, -0.2) is 59.4 Å². The van der Waals surface area contributed by atoms with E-state index in [9.17, 15) is 33.9 Å². The van der Waals surface area contributed by atoms with E-state index in [2.05, 4.69) is 58.8 Å². The second-order valence-electron chi connectivity index (χ2n) is 24.4. The molecule has 0 aromatic heterocycles. The Morgan fingerprint density at radius 1 is 0.812 bits per heavy atom. The molecular formula is C57H87N3O9. The molecule has 12 nitrogen and oxygen atoms in total. The van der Waals surface area contributed by atoms with Crippen LogP contribution in [0.1, 0.15) is 189 Å². The first kappa shape index (κ1) is 54.1. The standard InChI is InChI=1S/C57H87N3O9/c1-37(2)39-26-31-57(50(65)59-34-18-13-11-10-12-17-21-46(62)60-41(23-25-45(58)61)49(64)68-36-38-19-15-14-16-20-38)33-32-55(8)40(48(39)57)22-24-43-54(7)29-28-44(69-47(63)35-52(3,4)51(66)67)53(5,6)42(54)27-30-56(43,55)9/h14-16,19-20,39-44,48H,1,10-13,17-18,21-36H2,2-9H3,(H2,58,61)(H,59,65)(H,60,62)(H,66,67)/t39-,40+,41+,42-,43+,44-,48+,54-,55+,56+,57-/m0/s1. The van der Waals surface area contributed by atoms with Crippen molar-refractivity contribution in [2.75, 3.05) is 6.54 Å². The maximum absolute atomic E-state index is 14.7. The number of allylic oxidation sites excluding steroid dienone is 1. The summed E-state index contributed by atoms with van der Waals surface area (Å²) in [6.45, 7) is 22.9. The molecule has 11 atom stereocenters. The van der Waals surface area contributed by atoms with E-state index in [1.54, 1.807) is 13.8 Å². The molecule has 0 heterocycles. The minimum absolute atomic E-state index is 0.0343. The Bertz CT molecular complexity index is 2050. The predicted molar refractivity (Wildman–Crippen MR) is 267 cm³/mol. The highest BCUT2D eigenvalue weighted by Gasteiger charge is 2.72. The number of ether oxygens (including phenoxy) is 2. The minimum Gasteiger partial charge on any atom is -0.481 e. The molecule has 0 unspecified atom stereocenters. The Balaban J connectivity index is 0.989. The van der Waals surface area contributed by atoms with Gasteiger partial charge in [0, 0.05) is 24.8 Å². The number of amides is 3. The highest BCUT2D eigenvalue weighted by atomic mass is 16.5. The van der Waals surface area contributed by atoms with E-state index >= 15 is 0 Å². The Morgan fingerprint density at radius 2 is 1.49 bits per heavy atom. The van der Waals surface area contributed by atoms with Crippen molar-refractivity contribution in [3.05, 3.63) is 48.0 Å². The highest BCUT2D eigenvalue weighted by molar-refractivity contribution is 5.85. The number of carboxylic acids is 1. The lowest BCUT2D eigenvalue weighted by Crippen LogP contribution is -2.67. The van der Waals surface area contributed by atoms with Crippen molar-refractivity contribution >= 4 is 35.6 Å². The predicted octanol–water partition coefficient (Wildman–Crippen LogP) is 10.4. The van der Waals surface area contributed by atoms with Crippen LogP contribution in [0, 0.1) is 62.1 Å². The molecule has 0 saturated heterocycles. The minimum atomic E-state index is -1.17. The van der Waals surface area contributed by atoms with Crippen molar-refractivity contribution in [2.45, 2.75) is 203 Å². The van der Waals surface area contributed by atoms with Gasteiger partial charge < -0.3 is 30.9 Å². The first-order valence-corrected chi connectivity index (χ1v) is 26.6. The number of hydrogen-bond donors (Lipinski definition) is 4. The van der Waals surface area contributed by atoms with Gasteiger partial charge in [-0.05, 0) is 156 Å². The summed E-state index contributed by atoms with van der Waals surface area (Å²) in [5.41, 5.74) is 5.84. The molecule has 5 saturated carbocycles. The average Bonchev–Trinajstić information content (AvgIpc) is 3.69. The lowest BCUT2D eigenvalue weighted by molar-refractivity contribution is -0.249. The van der Waals surface area contributed by atoms with Crippen molar-refractivity contribution in [2.24, 2.45) is 67.8 Å². The fourth-order valence-corrected chi connectivity index (χ4v) is 15.5. The maximum Gasteiger partial charge on any atom is 0.328 e. The molecule has 384 valence electrons. The molecule has 5 aliphatic rings. The summed E-state index contributed by atoms with van der Waals surface area (Å²) in [4.78, 5) is 76.7. The largest absolute Gasteiger partial charge is 0.481 e. The van der Waals surface area contributed by atoms with Crippen molar-refractivity contribution in [3.8, 4) is 0 Å². The van der Waals surface area contributed by atoms with Gasteiger partial charge in [-0.2, -0.15) is 0 Å². The number of esters is 2. The second-order valence-corrected chi connectivity index (χ2v) is 24.4. The summed E-state index contributed by atoms with van der Waals surface area (Å²) in [7, 11) is 0. The van der Waals surface area contributed by atoms with E-state index in [1.165, 1.54) is 5.57 Å². The fraction of sp³-hybridized carbons (Fsp3) is 0.754. The number of primary amides is 1. The number of carboxylic acid groups (broad SMARTS) is 1. The third-order valence-electron chi connectivity index (χ3n) is 19.5. The fourth-order valence-electron chi connectivity index (χ4n) is 15.5. The molecule has 1 aromatic carbocycles. The van der Waals surface area contributed by atoms with E-state index in [4.69, 9.17) is 15.2 Å². The number of aliphatic carboxylic acids is 1. The van der Waals surface area contributed by atoms with Crippen LogP contribution in [0.2, 0.25) is 0 Å². The molecule has 69 heavy (non-hydrogen) atoms. The SMILES string of the molecule is C=C(C)[C@@H]1CC[C@]2(C(=O)NCCCCCCCCC(=O)N[C@H](CCC(N)=O)C(=O)OCc3ccccc3)CC[C@]3(C)[C@H](CC[C@@H]4[C@@]5(C)CC[C@H](OC(=O)CC(C)(C)C(=O)O)C(C)(C)[C@@H]5CC[C@]43C)[C@@H]12. The van der Waals surface area contributed by atoms with Gasteiger partial charge in [-0.25, -0.2) is 4.79 Å². The van der Waals surface area contributed by atoms with Crippen molar-refractivity contribution in [1.29, 1.82) is 0 Å². The van der Waals surface area contributed by atoms with Crippen LogP contribution in [0.4, 0.5) is 0 Å². The summed E-state index contributed by atoms with van der Waals surface area (Å²) in [5.74, 6) is -0.619. The number of fused-ring (bicyclic) bond motifs is 7. The molecule has 0 spiro atoms. The van der Waals surface area contributed by atoms with Crippen LogP contribution in [0.3, 0.4) is 0 Å². The smallest absolute Gasteiger partial charge is 0.328 e. The first-order valence-electron chi connectivity index (χ1n) is 26.6. The van der Waals surface area contributed by atoms with Crippen molar-refractivity contribution < 1.29 is 43.3 Å². The second kappa shape index (κ2) is 21.6. The molecule has 3 amide bonds. The topological polar surface area (TPSA) is 191 Å². The normalized spacial score (nSPS) is 32.7. The molecule has 5 N–H and O–H groups in total. The lowest BCUT2D eigenvalue weighted by atomic mass is 9.32. The van der Waals surface area contributed by atoms with Gasteiger partial charge in [0.15, 0.2) is 0 Å². The van der Waals surface area contributed by atoms with Gasteiger partial charge in [0.1, 0.15) is 18.8 Å². The molecule has 5 fully saturated rings. The Labute approximate surface area is 413 Å². The van der Waals surface area contributed by atoms with E-state index < -0.39 is 35.3 Å². The number of nitrogens with two attached hydrogens (primary N) is 1. The van der Waals surface area contributed by atoms with Crippen molar-refractivity contribution in [3.63, 3.8) is 0 Å². The van der Waals surface area contributed by atoms with Gasteiger partial charge in [-0.15, -0.1) is 0 Å². The Morgan fingerprint density at radius 3 is 2.16 bits per heavy atom. The third kappa shape index (κ3) is 11.1. The number of hydrogen-bond acceptors (Lipinski definition) is 8. The summed E-state index contributed by atoms with van der Waals surface area (Å²) >= 11 is 0. The maximum atomic E-state index is 14.7. The van der Waals surface area contributed by atoms with Crippen LogP contribution >= 0.6 is 0 Å². The third-order valence-corrected chi connectivity index (χ3v) is 19.5. The molecule has 6 rings (SSSR count). The van der Waals surface area contributed by atoms with Crippen LogP contribution in [0.5, 0.6) is 0 Å². The van der Waals surface area contributed by atoms with Crippen LogP contribution < -0.4 is 16.4 Å². The highest BCUT2D eigenvalue weighted by Crippen LogP contribution is 2.77. The summed E-state index contributed by atoms with van der Waals surface area (Å²) in [5, 5.41) is 15.9. The Kier molecular flexibility index (Phi) is 17.0. The average molecular weight is 958 g/mol. The number of nitrogens with one attached hydrogen (secondary N) is 2. The first-order chi connectivity index (χ1) is 32.4. The molecular weight excluding hydrogens is 871 g/mol. The number of carbonyl (C=O) groups excluding carboxylic acids is 5. The van der Waals surface area contributed by atoms with Crippen molar-refractivity contribution in [1.82, 2.24) is 10.6 Å². The van der Waals surface area contributed by atoms with E-state index in [0.717, 1.165) is 102 Å². The number of unbranched alkanes of at least 4 members (excludes halogenated alkanes) is 5. The number of benzene rings is 1. The molecule has 0 radical (unpaired) electrons. The molecule has 5 aliphatic carbocycles. The molecule has 0 bridgehead atoms. The van der Waals surface area contributed by atoms with Gasteiger partial charge in [0.2, 0.25) is 17.7 Å². The number of carbonyl (C=O) groups is 6. The number of rotatable bonds is 22. The lowest BCUT2D eigenvalue weighted by Gasteiger charge is -2.72. The monoisotopic (exact) mass is 958 g/mol. The zero-order valence-electron chi connectivity index (χ0n) is 43.5. The summed E-state index contributed by atoms with van der Waals surface area (Å²) in [6.07, 6.45) is 15.5. The van der Waals surface area contributed by atoms with Crippen LogP contribution in [0.25, 0.3) is 0 Å². The molecule has 0 aliphatic heterocycles. The van der Waals surface area contributed by atoms with Crippen LogP contribution in [0.15, 0.2) is 42.5 Å². The van der Waals surface area contributed by atoms with Crippen LogP contribution in [-0.2, 0) is 44.8 Å². The van der Waals surface area contributed by atoms with Gasteiger partial charge in [0.05, 0.1) is 17.3 Å². The van der Waals surface area contributed by atoms with Gasteiger partial charge in [0.25, 0.3) is 0 Å². The zero-order valence-corrected chi connectivity index (χ0v) is 43.5. The quantitative estimate of drug-likeness (QED) is 0.0498. The Hall–Kier alpha value is -4.22.